The molecule has 1 rings (SSSR count). The second-order valence-corrected chi connectivity index (χ2v) is 5.59. The second kappa shape index (κ2) is 11.0. The highest BCUT2D eigenvalue weighted by molar-refractivity contribution is 5.95. The summed E-state index contributed by atoms with van der Waals surface area (Å²) in [6, 6.07) is 6.41. The molecule has 0 aromatic heterocycles. The maximum atomic E-state index is 12.2. The predicted molar refractivity (Wildman–Crippen MR) is 90.8 cm³/mol. The SMILES string of the molecule is CCCCC[C@H](CN(O)C=O)C(=O)NNC(=O)c1ccc(OC)cc1. The molecule has 3 N–H and O–H groups in total. The van der Waals surface area contributed by atoms with Crippen molar-refractivity contribution in [2.75, 3.05) is 13.7 Å². The predicted octanol–water partition coefficient (Wildman–Crippen LogP) is 1.50. The van der Waals surface area contributed by atoms with Gasteiger partial charge in [-0.3, -0.25) is 30.4 Å². The lowest BCUT2D eigenvalue weighted by Crippen LogP contribution is -2.46. The summed E-state index contributed by atoms with van der Waals surface area (Å²) in [6.07, 6.45) is 3.46. The smallest absolute Gasteiger partial charge is 0.269 e. The van der Waals surface area contributed by atoms with Gasteiger partial charge in [0, 0.05) is 5.56 Å². The Balaban J connectivity index is 2.58. The molecule has 0 aliphatic rings. The van der Waals surface area contributed by atoms with E-state index in [0.29, 0.717) is 22.8 Å². The zero-order valence-corrected chi connectivity index (χ0v) is 14.5. The third kappa shape index (κ3) is 7.21. The van der Waals surface area contributed by atoms with Gasteiger partial charge in [-0.1, -0.05) is 26.2 Å². The van der Waals surface area contributed by atoms with Gasteiger partial charge < -0.3 is 4.74 Å². The number of hydrazine groups is 1. The fourth-order valence-electron chi connectivity index (χ4n) is 2.25. The number of amides is 3. The average Bonchev–Trinajstić information content (AvgIpc) is 2.64. The minimum absolute atomic E-state index is 0.128. The van der Waals surface area contributed by atoms with Crippen LogP contribution in [0.25, 0.3) is 0 Å². The van der Waals surface area contributed by atoms with Gasteiger partial charge in [0.25, 0.3) is 5.91 Å². The summed E-state index contributed by atoms with van der Waals surface area (Å²) in [7, 11) is 1.53. The largest absolute Gasteiger partial charge is 0.497 e. The highest BCUT2D eigenvalue weighted by atomic mass is 16.5. The monoisotopic (exact) mass is 351 g/mol. The molecule has 1 aromatic carbocycles. The summed E-state index contributed by atoms with van der Waals surface area (Å²) in [5.74, 6) is -0.926. The Morgan fingerprint density at radius 3 is 2.48 bits per heavy atom. The molecule has 1 aromatic rings. The van der Waals surface area contributed by atoms with E-state index in [1.807, 2.05) is 6.92 Å². The van der Waals surface area contributed by atoms with Gasteiger partial charge in [-0.25, -0.2) is 5.06 Å². The van der Waals surface area contributed by atoms with Gasteiger partial charge in [0.05, 0.1) is 19.6 Å². The number of hydroxylamine groups is 2. The molecule has 0 unspecified atom stereocenters. The minimum atomic E-state index is -0.613. The normalized spacial score (nSPS) is 11.3. The lowest BCUT2D eigenvalue weighted by Gasteiger charge is -2.19. The molecule has 3 amide bonds. The molecule has 1 atom stereocenters. The van der Waals surface area contributed by atoms with Crippen molar-refractivity contribution in [1.29, 1.82) is 0 Å². The second-order valence-electron chi connectivity index (χ2n) is 5.59. The van der Waals surface area contributed by atoms with Crippen molar-refractivity contribution in [3.63, 3.8) is 0 Å². The van der Waals surface area contributed by atoms with Crippen molar-refractivity contribution < 1.29 is 24.3 Å². The van der Waals surface area contributed by atoms with Crippen LogP contribution in [0, 0.1) is 5.92 Å². The van der Waals surface area contributed by atoms with Crippen molar-refractivity contribution in [2.24, 2.45) is 5.92 Å². The number of hydrogen-bond donors (Lipinski definition) is 3. The van der Waals surface area contributed by atoms with Gasteiger partial charge >= 0.3 is 0 Å². The van der Waals surface area contributed by atoms with Crippen LogP contribution in [0.3, 0.4) is 0 Å². The summed E-state index contributed by atoms with van der Waals surface area (Å²) >= 11 is 0. The van der Waals surface area contributed by atoms with E-state index in [4.69, 9.17) is 4.74 Å². The van der Waals surface area contributed by atoms with Gasteiger partial charge in [0.1, 0.15) is 5.75 Å². The molecule has 0 saturated heterocycles. The van der Waals surface area contributed by atoms with Gasteiger partial charge in [-0.15, -0.1) is 0 Å². The molecule has 138 valence electrons. The van der Waals surface area contributed by atoms with Gasteiger partial charge in [0.2, 0.25) is 12.3 Å². The molecule has 8 heteroatoms. The minimum Gasteiger partial charge on any atom is -0.497 e. The fourth-order valence-corrected chi connectivity index (χ4v) is 2.25. The Morgan fingerprint density at radius 1 is 1.24 bits per heavy atom. The van der Waals surface area contributed by atoms with Crippen LogP contribution in [0.15, 0.2) is 24.3 Å². The summed E-state index contributed by atoms with van der Waals surface area (Å²) < 4.78 is 5.01. The third-order valence-corrected chi connectivity index (χ3v) is 3.71. The van der Waals surface area contributed by atoms with Crippen LogP contribution in [-0.2, 0) is 9.59 Å². The van der Waals surface area contributed by atoms with Gasteiger partial charge in [-0.05, 0) is 30.7 Å². The Labute approximate surface area is 147 Å². The van der Waals surface area contributed by atoms with Crippen molar-refractivity contribution in [1.82, 2.24) is 15.9 Å². The van der Waals surface area contributed by atoms with Crippen LogP contribution in [0.4, 0.5) is 0 Å². The summed E-state index contributed by atoms with van der Waals surface area (Å²) in [5, 5.41) is 9.76. The zero-order valence-electron chi connectivity index (χ0n) is 14.5. The first-order valence-electron chi connectivity index (χ1n) is 8.16. The summed E-state index contributed by atoms with van der Waals surface area (Å²) in [6.45, 7) is 1.91. The number of unbranched alkanes of at least 4 members (excludes halogenated alkanes) is 2. The zero-order chi connectivity index (χ0) is 18.7. The highest BCUT2D eigenvalue weighted by Gasteiger charge is 2.21. The van der Waals surface area contributed by atoms with E-state index < -0.39 is 17.7 Å². The first-order valence-corrected chi connectivity index (χ1v) is 8.16. The number of carbonyl (C=O) groups excluding carboxylic acids is 3. The number of nitrogens with zero attached hydrogens (tertiary/aromatic N) is 1. The molecule has 25 heavy (non-hydrogen) atoms. The quantitative estimate of drug-likeness (QED) is 0.256. The molecular weight excluding hydrogens is 326 g/mol. The number of methoxy groups -OCH3 is 1. The van der Waals surface area contributed by atoms with Crippen LogP contribution < -0.4 is 15.6 Å². The van der Waals surface area contributed by atoms with E-state index in [0.717, 1.165) is 19.3 Å². The van der Waals surface area contributed by atoms with Crippen LogP contribution in [0.5, 0.6) is 5.75 Å². The molecule has 0 fully saturated rings. The van der Waals surface area contributed by atoms with E-state index in [2.05, 4.69) is 10.9 Å². The Morgan fingerprint density at radius 2 is 1.92 bits per heavy atom. The van der Waals surface area contributed by atoms with Crippen molar-refractivity contribution >= 4 is 18.2 Å². The fraction of sp³-hybridized carbons (Fsp3) is 0.471. The lowest BCUT2D eigenvalue weighted by molar-refractivity contribution is -0.154. The number of ether oxygens (including phenoxy) is 1. The average molecular weight is 351 g/mol. The van der Waals surface area contributed by atoms with Crippen LogP contribution >= 0.6 is 0 Å². The van der Waals surface area contributed by atoms with E-state index in [9.17, 15) is 19.6 Å². The summed E-state index contributed by atoms with van der Waals surface area (Å²) in [4.78, 5) is 34.8. The highest BCUT2D eigenvalue weighted by Crippen LogP contribution is 2.12. The molecule has 0 spiro atoms. The van der Waals surface area contributed by atoms with Crippen molar-refractivity contribution in [2.45, 2.75) is 32.6 Å². The molecule has 0 heterocycles. The van der Waals surface area contributed by atoms with Crippen LogP contribution in [0.2, 0.25) is 0 Å². The molecule has 0 bridgehead atoms. The number of benzene rings is 1. The van der Waals surface area contributed by atoms with E-state index >= 15 is 0 Å². The van der Waals surface area contributed by atoms with E-state index in [1.165, 1.54) is 7.11 Å². The first kappa shape index (κ1) is 20.4. The summed E-state index contributed by atoms with van der Waals surface area (Å²) in [5.41, 5.74) is 5.03. The molecule has 0 aliphatic heterocycles. The van der Waals surface area contributed by atoms with Gasteiger partial charge in [-0.2, -0.15) is 0 Å². The number of carbonyl (C=O) groups is 3. The van der Waals surface area contributed by atoms with E-state index in [-0.39, 0.29) is 13.0 Å². The molecule has 8 nitrogen and oxygen atoms in total. The molecule has 0 aliphatic carbocycles. The Hall–Kier alpha value is -2.61. The number of rotatable bonds is 10. The third-order valence-electron chi connectivity index (χ3n) is 3.71. The lowest BCUT2D eigenvalue weighted by atomic mass is 10.0. The number of hydrogen-bond acceptors (Lipinski definition) is 5. The van der Waals surface area contributed by atoms with Gasteiger partial charge in [0.15, 0.2) is 0 Å². The van der Waals surface area contributed by atoms with E-state index in [1.54, 1.807) is 24.3 Å². The van der Waals surface area contributed by atoms with Crippen LogP contribution in [-0.4, -0.2) is 42.1 Å². The molecular formula is C17H25N3O5. The maximum absolute atomic E-state index is 12.2. The first-order chi connectivity index (χ1) is 12.0. The molecule has 0 saturated carbocycles. The standard InChI is InChI=1S/C17H25N3O5/c1-3-4-5-6-14(11-20(24)12-21)17(23)19-18-16(22)13-7-9-15(25-2)10-8-13/h7-10,12,14,24H,3-6,11H2,1-2H3,(H,18,22)(H,19,23)/t14-/m1/s1. The van der Waals surface area contributed by atoms with Crippen molar-refractivity contribution in [3.8, 4) is 5.75 Å². The van der Waals surface area contributed by atoms with Crippen LogP contribution in [0.1, 0.15) is 43.0 Å². The van der Waals surface area contributed by atoms with Crippen molar-refractivity contribution in [3.05, 3.63) is 29.8 Å². The maximum Gasteiger partial charge on any atom is 0.269 e. The Bertz CT molecular complexity index is 562. The topological polar surface area (TPSA) is 108 Å². The Kier molecular flexibility index (Phi) is 9.02. The molecule has 0 radical (unpaired) electrons. The number of nitrogens with one attached hydrogen (secondary N) is 2.